The second kappa shape index (κ2) is 6.43. The van der Waals surface area contributed by atoms with Gasteiger partial charge in [-0.2, -0.15) is 5.10 Å². The molecule has 0 fully saturated rings. The van der Waals surface area contributed by atoms with Crippen molar-refractivity contribution in [3.63, 3.8) is 0 Å². The number of amides is 1. The Kier molecular flexibility index (Phi) is 4.34. The Balaban J connectivity index is 2.02. The normalized spacial score (nSPS) is 11.2. The number of aryl methyl sites for hydroxylation is 2. The van der Waals surface area contributed by atoms with E-state index in [0.29, 0.717) is 6.42 Å². The van der Waals surface area contributed by atoms with Gasteiger partial charge in [-0.3, -0.25) is 4.79 Å². The summed E-state index contributed by atoms with van der Waals surface area (Å²) < 4.78 is 1.83. The highest BCUT2D eigenvalue weighted by molar-refractivity contribution is 5.79. The number of aromatic nitrogens is 3. The van der Waals surface area contributed by atoms with E-state index in [4.69, 9.17) is 0 Å². The van der Waals surface area contributed by atoms with E-state index in [0.717, 1.165) is 33.9 Å². The fourth-order valence-electron chi connectivity index (χ4n) is 2.87. The molecule has 2 aromatic heterocycles. The molecule has 1 N–H and O–H groups in total. The van der Waals surface area contributed by atoms with Crippen molar-refractivity contribution in [2.45, 2.75) is 40.2 Å². The molecule has 0 bridgehead atoms. The van der Waals surface area contributed by atoms with Gasteiger partial charge in [-0.05, 0) is 27.7 Å². The first-order valence-electron chi connectivity index (χ1n) is 8.16. The van der Waals surface area contributed by atoms with Gasteiger partial charge >= 0.3 is 0 Å². The molecule has 0 spiro atoms. The SMILES string of the molecule is Cc1nc2cc(-c3ccccc3)nn2c(C)c1CC(=O)NC(C)C. The van der Waals surface area contributed by atoms with E-state index in [9.17, 15) is 4.79 Å². The van der Waals surface area contributed by atoms with Crippen LogP contribution in [0.2, 0.25) is 0 Å². The molecule has 0 saturated heterocycles. The molecule has 3 rings (SSSR count). The van der Waals surface area contributed by atoms with E-state index in [-0.39, 0.29) is 11.9 Å². The standard InChI is InChI=1S/C19H22N4O/c1-12(2)20-19(24)10-16-13(3)21-18-11-17(22-23(18)14(16)4)15-8-6-5-7-9-15/h5-9,11-12H,10H2,1-4H3,(H,20,24). The molecule has 0 saturated carbocycles. The minimum Gasteiger partial charge on any atom is -0.354 e. The number of nitrogens with zero attached hydrogens (tertiary/aromatic N) is 3. The lowest BCUT2D eigenvalue weighted by Gasteiger charge is -2.12. The lowest BCUT2D eigenvalue weighted by atomic mass is 10.1. The lowest BCUT2D eigenvalue weighted by molar-refractivity contribution is -0.120. The van der Waals surface area contributed by atoms with Crippen molar-refractivity contribution >= 4 is 11.6 Å². The maximum atomic E-state index is 12.1. The van der Waals surface area contributed by atoms with Gasteiger partial charge in [-0.25, -0.2) is 9.50 Å². The number of hydrogen-bond acceptors (Lipinski definition) is 3. The van der Waals surface area contributed by atoms with E-state index in [1.54, 1.807) is 0 Å². The first-order chi connectivity index (χ1) is 11.5. The maximum Gasteiger partial charge on any atom is 0.224 e. The van der Waals surface area contributed by atoms with Gasteiger partial charge in [0, 0.05) is 34.6 Å². The lowest BCUT2D eigenvalue weighted by Crippen LogP contribution is -2.32. The highest BCUT2D eigenvalue weighted by atomic mass is 16.1. The predicted molar refractivity (Wildman–Crippen MR) is 94.9 cm³/mol. The second-order valence-corrected chi connectivity index (χ2v) is 6.33. The number of rotatable bonds is 4. The summed E-state index contributed by atoms with van der Waals surface area (Å²) >= 11 is 0. The van der Waals surface area contributed by atoms with Crippen LogP contribution in [0.5, 0.6) is 0 Å². The Morgan fingerprint density at radius 1 is 1.21 bits per heavy atom. The summed E-state index contributed by atoms with van der Waals surface area (Å²) in [6.45, 7) is 7.85. The molecule has 0 aliphatic rings. The van der Waals surface area contributed by atoms with Gasteiger partial charge in [0.15, 0.2) is 5.65 Å². The van der Waals surface area contributed by atoms with Crippen LogP contribution >= 0.6 is 0 Å². The van der Waals surface area contributed by atoms with Crippen LogP contribution in [0.25, 0.3) is 16.9 Å². The summed E-state index contributed by atoms with van der Waals surface area (Å²) in [4.78, 5) is 16.8. The number of nitrogens with one attached hydrogen (secondary N) is 1. The zero-order valence-electron chi connectivity index (χ0n) is 14.5. The fourth-order valence-corrected chi connectivity index (χ4v) is 2.87. The van der Waals surface area contributed by atoms with Crippen molar-refractivity contribution < 1.29 is 4.79 Å². The number of carbonyl (C=O) groups excluding carboxylic acids is 1. The van der Waals surface area contributed by atoms with Crippen molar-refractivity contribution in [2.24, 2.45) is 0 Å². The van der Waals surface area contributed by atoms with Crippen LogP contribution < -0.4 is 5.32 Å². The van der Waals surface area contributed by atoms with E-state index < -0.39 is 0 Å². The van der Waals surface area contributed by atoms with Crippen molar-refractivity contribution in [2.75, 3.05) is 0 Å². The largest absolute Gasteiger partial charge is 0.354 e. The second-order valence-electron chi connectivity index (χ2n) is 6.33. The van der Waals surface area contributed by atoms with Gasteiger partial charge in [-0.1, -0.05) is 30.3 Å². The van der Waals surface area contributed by atoms with Gasteiger partial charge in [0.1, 0.15) is 0 Å². The summed E-state index contributed by atoms with van der Waals surface area (Å²) in [7, 11) is 0. The van der Waals surface area contributed by atoms with E-state index in [1.165, 1.54) is 0 Å². The Labute approximate surface area is 141 Å². The van der Waals surface area contributed by atoms with Crippen LogP contribution in [0.15, 0.2) is 36.4 Å². The highest BCUT2D eigenvalue weighted by Crippen LogP contribution is 2.22. The van der Waals surface area contributed by atoms with Crippen LogP contribution in [-0.2, 0) is 11.2 Å². The molecule has 0 unspecified atom stereocenters. The minimum atomic E-state index is 0.00721. The molecule has 1 aromatic carbocycles. The van der Waals surface area contributed by atoms with Gasteiger partial charge in [0.2, 0.25) is 5.91 Å². The number of carbonyl (C=O) groups is 1. The van der Waals surface area contributed by atoms with Crippen molar-refractivity contribution in [1.29, 1.82) is 0 Å². The third-order valence-electron chi connectivity index (χ3n) is 4.02. The minimum absolute atomic E-state index is 0.00721. The summed E-state index contributed by atoms with van der Waals surface area (Å²) in [5, 5.41) is 7.60. The molecule has 2 heterocycles. The molecule has 3 aromatic rings. The van der Waals surface area contributed by atoms with Crippen molar-refractivity contribution in [3.8, 4) is 11.3 Å². The van der Waals surface area contributed by atoms with E-state index >= 15 is 0 Å². The van der Waals surface area contributed by atoms with Gasteiger partial charge in [-0.15, -0.1) is 0 Å². The number of benzene rings is 1. The zero-order valence-corrected chi connectivity index (χ0v) is 14.5. The Morgan fingerprint density at radius 2 is 1.92 bits per heavy atom. The number of hydrogen-bond donors (Lipinski definition) is 1. The van der Waals surface area contributed by atoms with Crippen molar-refractivity contribution in [3.05, 3.63) is 53.3 Å². The fraction of sp³-hybridized carbons (Fsp3) is 0.316. The topological polar surface area (TPSA) is 59.3 Å². The third kappa shape index (κ3) is 3.15. The Hall–Kier alpha value is -2.69. The molecular formula is C19H22N4O. The summed E-state index contributed by atoms with van der Waals surface area (Å²) in [5.74, 6) is 0.00721. The predicted octanol–water partition coefficient (Wildman–Crippen LogP) is 3.08. The average Bonchev–Trinajstić information content (AvgIpc) is 2.95. The molecule has 0 atom stereocenters. The highest BCUT2D eigenvalue weighted by Gasteiger charge is 2.16. The van der Waals surface area contributed by atoms with E-state index in [1.807, 2.05) is 68.6 Å². The maximum absolute atomic E-state index is 12.1. The summed E-state index contributed by atoms with van der Waals surface area (Å²) in [6.07, 6.45) is 0.319. The zero-order chi connectivity index (χ0) is 17.3. The molecule has 0 aliphatic heterocycles. The van der Waals surface area contributed by atoms with Crippen LogP contribution in [0, 0.1) is 13.8 Å². The molecule has 124 valence electrons. The molecule has 5 heteroatoms. The molecular weight excluding hydrogens is 300 g/mol. The molecule has 0 radical (unpaired) electrons. The van der Waals surface area contributed by atoms with Crippen LogP contribution in [0.3, 0.4) is 0 Å². The average molecular weight is 322 g/mol. The summed E-state index contributed by atoms with van der Waals surface area (Å²) in [6, 6.07) is 12.1. The molecule has 1 amide bonds. The van der Waals surface area contributed by atoms with Gasteiger partial charge in [0.25, 0.3) is 0 Å². The van der Waals surface area contributed by atoms with E-state index in [2.05, 4.69) is 15.4 Å². The Bertz CT molecular complexity index is 881. The molecule has 0 aliphatic carbocycles. The third-order valence-corrected chi connectivity index (χ3v) is 4.02. The van der Waals surface area contributed by atoms with Gasteiger partial charge < -0.3 is 5.32 Å². The Morgan fingerprint density at radius 3 is 2.58 bits per heavy atom. The van der Waals surface area contributed by atoms with Crippen molar-refractivity contribution in [1.82, 2.24) is 19.9 Å². The molecule has 24 heavy (non-hydrogen) atoms. The quantitative estimate of drug-likeness (QED) is 0.803. The van der Waals surface area contributed by atoms with Gasteiger partial charge in [0.05, 0.1) is 12.1 Å². The first-order valence-corrected chi connectivity index (χ1v) is 8.16. The van der Waals surface area contributed by atoms with Crippen LogP contribution in [0.4, 0.5) is 0 Å². The summed E-state index contributed by atoms with van der Waals surface area (Å²) in [5.41, 5.74) is 5.51. The first kappa shape index (κ1) is 16.2. The van der Waals surface area contributed by atoms with Crippen LogP contribution in [-0.4, -0.2) is 26.5 Å². The van der Waals surface area contributed by atoms with Crippen LogP contribution in [0.1, 0.15) is 30.8 Å². The molecule has 5 nitrogen and oxygen atoms in total. The number of fused-ring (bicyclic) bond motifs is 1. The smallest absolute Gasteiger partial charge is 0.224 e. The monoisotopic (exact) mass is 322 g/mol.